The fraction of sp³-hybridized carbons (Fsp3) is 0.120. The van der Waals surface area contributed by atoms with Crippen LogP contribution in [0.5, 0.6) is 0 Å². The third-order valence-corrected chi connectivity index (χ3v) is 23.0. The van der Waals surface area contributed by atoms with Crippen LogP contribution in [0.2, 0.25) is 26.2 Å². The Labute approximate surface area is 331 Å². The first-order valence-corrected chi connectivity index (χ1v) is 27.0. The molecule has 0 N–H and O–H groups in total. The van der Waals surface area contributed by atoms with Crippen LogP contribution in [-0.2, 0) is 10.8 Å². The van der Waals surface area contributed by atoms with Crippen LogP contribution < -0.4 is 20.7 Å². The average Bonchev–Trinajstić information content (AvgIpc) is 3.98. The molecule has 5 heterocycles. The van der Waals surface area contributed by atoms with Gasteiger partial charge in [-0.3, -0.25) is 0 Å². The normalized spacial score (nSPS) is 17.3. The van der Waals surface area contributed by atoms with Gasteiger partial charge >= 0.3 is 0 Å². The number of rotatable bonds is 1. The predicted octanol–water partition coefficient (Wildman–Crippen LogP) is 10.7. The molecule has 0 amide bonds. The average molecular weight is 775 g/mol. The first-order valence-electron chi connectivity index (χ1n) is 19.3. The van der Waals surface area contributed by atoms with Gasteiger partial charge in [0.25, 0.3) is 0 Å². The van der Waals surface area contributed by atoms with E-state index in [9.17, 15) is 0 Å². The number of hydrogen-bond donors (Lipinski definition) is 0. The van der Waals surface area contributed by atoms with Crippen LogP contribution in [0.25, 0.3) is 32.4 Å². The molecule has 9 aromatic rings. The topological polar surface area (TPSA) is 13.1 Å². The molecular formula is C50H38OS2Si2. The Morgan fingerprint density at radius 3 is 1.51 bits per heavy atom. The third kappa shape index (κ3) is 3.78. The maximum atomic E-state index is 6.52. The van der Waals surface area contributed by atoms with Crippen LogP contribution >= 0.6 is 22.7 Å². The van der Waals surface area contributed by atoms with E-state index < -0.39 is 27.0 Å². The number of thiophene rings is 2. The van der Waals surface area contributed by atoms with Crippen molar-refractivity contribution in [1.82, 2.24) is 0 Å². The van der Waals surface area contributed by atoms with Gasteiger partial charge in [-0.25, -0.2) is 0 Å². The van der Waals surface area contributed by atoms with E-state index in [1.165, 1.54) is 64.3 Å². The highest BCUT2D eigenvalue weighted by Gasteiger charge is 2.62. The summed E-state index contributed by atoms with van der Waals surface area (Å²) in [6.07, 6.45) is 0. The molecule has 0 fully saturated rings. The van der Waals surface area contributed by atoms with Gasteiger partial charge in [0.05, 0.1) is 10.8 Å². The van der Waals surface area contributed by atoms with Crippen molar-refractivity contribution in [2.75, 3.05) is 0 Å². The molecule has 55 heavy (non-hydrogen) atoms. The Hall–Kier alpha value is -5.05. The van der Waals surface area contributed by atoms with Gasteiger partial charge in [-0.1, -0.05) is 148 Å². The third-order valence-electron chi connectivity index (χ3n) is 13.6. The lowest BCUT2D eigenvalue weighted by Crippen LogP contribution is -2.66. The van der Waals surface area contributed by atoms with Crippen LogP contribution in [0.3, 0.4) is 0 Å². The summed E-state index contributed by atoms with van der Waals surface area (Å²) in [5.74, 6) is 0. The maximum absolute atomic E-state index is 6.52. The molecule has 0 saturated heterocycles. The van der Waals surface area contributed by atoms with Crippen molar-refractivity contribution >= 4 is 81.5 Å². The Balaban J connectivity index is 1.27. The van der Waals surface area contributed by atoms with Crippen molar-refractivity contribution in [2.24, 2.45) is 0 Å². The zero-order valence-electron chi connectivity index (χ0n) is 31.2. The van der Waals surface area contributed by atoms with Gasteiger partial charge in [0, 0.05) is 25.4 Å². The molecule has 0 atom stereocenters. The Bertz CT molecular complexity index is 2840. The summed E-state index contributed by atoms with van der Waals surface area (Å²) in [6.45, 7) is 10.2. The van der Waals surface area contributed by atoms with E-state index in [2.05, 4.69) is 183 Å². The highest BCUT2D eigenvalue weighted by Crippen LogP contribution is 2.65. The zero-order valence-corrected chi connectivity index (χ0v) is 34.9. The van der Waals surface area contributed by atoms with Crippen LogP contribution in [0.4, 0.5) is 0 Å². The smallest absolute Gasteiger partial charge is 0.136 e. The maximum Gasteiger partial charge on any atom is 0.136 e. The van der Waals surface area contributed by atoms with E-state index in [1.54, 1.807) is 20.7 Å². The molecule has 2 aliphatic heterocycles. The van der Waals surface area contributed by atoms with Gasteiger partial charge in [0.15, 0.2) is 0 Å². The van der Waals surface area contributed by atoms with Crippen molar-refractivity contribution in [3.8, 4) is 10.4 Å². The Kier molecular flexibility index (Phi) is 6.34. The van der Waals surface area contributed by atoms with Crippen LogP contribution in [0.1, 0.15) is 43.1 Å². The summed E-state index contributed by atoms with van der Waals surface area (Å²) in [4.78, 5) is 4.20. The molecule has 264 valence electrons. The summed E-state index contributed by atoms with van der Waals surface area (Å²) in [5, 5.41) is 10.9. The first-order chi connectivity index (χ1) is 26.8. The first kappa shape index (κ1) is 32.2. The van der Waals surface area contributed by atoms with Crippen molar-refractivity contribution in [3.63, 3.8) is 0 Å². The molecule has 1 nitrogen and oxygen atoms in total. The van der Waals surface area contributed by atoms with Gasteiger partial charge in [-0.2, -0.15) is 0 Å². The van der Waals surface area contributed by atoms with Gasteiger partial charge in [-0.15, -0.1) is 22.7 Å². The van der Waals surface area contributed by atoms with Crippen molar-refractivity contribution in [3.05, 3.63) is 200 Å². The minimum atomic E-state index is -2.05. The molecule has 12 rings (SSSR count). The monoisotopic (exact) mass is 774 g/mol. The van der Waals surface area contributed by atoms with Crippen LogP contribution in [-0.4, -0.2) is 16.1 Å². The van der Waals surface area contributed by atoms with E-state index in [1.807, 2.05) is 22.7 Å². The summed E-state index contributed by atoms with van der Waals surface area (Å²) in [7, 11) is -4.10. The second-order valence-electron chi connectivity index (χ2n) is 16.8. The van der Waals surface area contributed by atoms with Crippen molar-refractivity contribution < 1.29 is 4.42 Å². The lowest BCUT2D eigenvalue weighted by molar-refractivity contribution is 0.647. The highest BCUT2D eigenvalue weighted by atomic mass is 32.1. The van der Waals surface area contributed by atoms with Gasteiger partial charge in [-0.05, 0) is 95.4 Å². The molecule has 3 aromatic heterocycles. The molecule has 2 spiro atoms. The number of benzene rings is 6. The molecule has 0 saturated carbocycles. The second-order valence-corrected chi connectivity index (χ2v) is 27.4. The fourth-order valence-corrected chi connectivity index (χ4v) is 20.2. The number of para-hydroxylation sites is 1. The minimum absolute atomic E-state index is 0.452. The molecule has 0 bridgehead atoms. The predicted molar refractivity (Wildman–Crippen MR) is 239 cm³/mol. The minimum Gasteiger partial charge on any atom is -0.456 e. The molecule has 1 aliphatic carbocycles. The molecular weight excluding hydrogens is 737 g/mol. The van der Waals surface area contributed by atoms with E-state index in [0.717, 1.165) is 11.2 Å². The molecule has 6 aromatic carbocycles. The van der Waals surface area contributed by atoms with Gasteiger partial charge in [0.1, 0.15) is 27.3 Å². The SMILES string of the molecule is C[Si]1(C)c2ccccc2C2(c3ccccc31)c1cc(-c3ccc4c(c3)oc3ccccc34)sc1C1(c3ccccc3[Si](C)(C)c3ccccc31)c1ccsc12. The van der Waals surface area contributed by atoms with E-state index in [-0.39, 0.29) is 0 Å². The zero-order chi connectivity index (χ0) is 36.9. The van der Waals surface area contributed by atoms with E-state index in [4.69, 9.17) is 4.42 Å². The molecule has 3 aliphatic rings. The van der Waals surface area contributed by atoms with Gasteiger partial charge < -0.3 is 4.42 Å². The number of hydrogen-bond acceptors (Lipinski definition) is 3. The van der Waals surface area contributed by atoms with Crippen molar-refractivity contribution in [1.29, 1.82) is 0 Å². The summed E-state index contributed by atoms with van der Waals surface area (Å²) in [6, 6.07) is 58.4. The number of fused-ring (bicyclic) bond motifs is 17. The highest BCUT2D eigenvalue weighted by molar-refractivity contribution is 7.16. The van der Waals surface area contributed by atoms with Crippen LogP contribution in [0.15, 0.2) is 161 Å². The number of furan rings is 1. The standard InChI is InChI=1S/C50H38OS2Si2/c1-54(2)43-21-11-6-16-34(43)49(35-17-7-12-22-44(35)54)38-27-28-52-47(38)50(36-18-8-13-23-45(36)55(3,4)46-24-14-9-19-37(46)50)39-30-42(53-48(39)49)31-25-26-33-32-15-5-10-20-40(32)51-41(33)29-31/h5-30H,1-4H3. The van der Waals surface area contributed by atoms with Crippen LogP contribution in [0, 0.1) is 0 Å². The quantitative estimate of drug-likeness (QED) is 0.151. The Morgan fingerprint density at radius 2 is 0.927 bits per heavy atom. The van der Waals surface area contributed by atoms with E-state index in [0.29, 0.717) is 0 Å². The molecule has 5 heteroatoms. The summed E-state index contributed by atoms with van der Waals surface area (Å²) >= 11 is 3.97. The van der Waals surface area contributed by atoms with Gasteiger partial charge in [0.2, 0.25) is 0 Å². The lowest BCUT2D eigenvalue weighted by Gasteiger charge is -2.54. The molecule has 0 radical (unpaired) electrons. The Morgan fingerprint density at radius 1 is 0.436 bits per heavy atom. The largest absolute Gasteiger partial charge is 0.456 e. The lowest BCUT2D eigenvalue weighted by atomic mass is 9.55. The summed E-state index contributed by atoms with van der Waals surface area (Å²) in [5.41, 5.74) is 10.9. The second kappa shape index (κ2) is 10.8. The fourth-order valence-electron chi connectivity index (χ4n) is 11.2. The summed E-state index contributed by atoms with van der Waals surface area (Å²) < 4.78 is 6.52. The van der Waals surface area contributed by atoms with Crippen molar-refractivity contribution in [2.45, 2.75) is 37.0 Å². The molecule has 0 unspecified atom stereocenters. The van der Waals surface area contributed by atoms with E-state index >= 15 is 0 Å².